The summed E-state index contributed by atoms with van der Waals surface area (Å²) in [6, 6.07) is 6.87. The summed E-state index contributed by atoms with van der Waals surface area (Å²) in [6.07, 6.45) is 5.01. The second-order valence-corrected chi connectivity index (χ2v) is 6.56. The Balaban J connectivity index is 1.76. The molecule has 0 spiro atoms. The lowest BCUT2D eigenvalue weighted by atomic mass is 10.0. The molecule has 0 saturated heterocycles. The Hall–Kier alpha value is -3.02. The number of carbonyl (C=O) groups excluding carboxylic acids is 1. The highest BCUT2D eigenvalue weighted by Crippen LogP contribution is 2.47. The van der Waals surface area contributed by atoms with Gasteiger partial charge in [-0.15, -0.1) is 0 Å². The van der Waals surface area contributed by atoms with E-state index in [2.05, 4.69) is 23.5 Å². The average Bonchev–Trinajstić information content (AvgIpc) is 3.25. The molecule has 1 aliphatic rings. The van der Waals surface area contributed by atoms with E-state index in [1.807, 2.05) is 0 Å². The summed E-state index contributed by atoms with van der Waals surface area (Å²) >= 11 is 0. The van der Waals surface area contributed by atoms with Crippen LogP contribution in [0.3, 0.4) is 0 Å². The topological polar surface area (TPSA) is 56.5 Å². The minimum atomic E-state index is -0.507. The number of benzene rings is 1. The van der Waals surface area contributed by atoms with E-state index in [9.17, 15) is 9.18 Å². The van der Waals surface area contributed by atoms with Gasteiger partial charge in [0.25, 0.3) is 0 Å². The highest BCUT2D eigenvalue weighted by molar-refractivity contribution is 6.09. The van der Waals surface area contributed by atoms with Gasteiger partial charge in [-0.1, -0.05) is 19.6 Å². The van der Waals surface area contributed by atoms with Crippen LogP contribution >= 0.6 is 0 Å². The summed E-state index contributed by atoms with van der Waals surface area (Å²) in [5, 5.41) is 0. The van der Waals surface area contributed by atoms with Crippen LogP contribution in [0.2, 0.25) is 0 Å². The molecule has 1 fully saturated rings. The van der Waals surface area contributed by atoms with Crippen LogP contribution in [0.25, 0.3) is 5.78 Å². The third-order valence-corrected chi connectivity index (χ3v) is 4.64. The Morgan fingerprint density at radius 3 is 2.81 bits per heavy atom. The van der Waals surface area contributed by atoms with Gasteiger partial charge in [0, 0.05) is 11.5 Å². The van der Waals surface area contributed by atoms with Crippen molar-refractivity contribution in [1.29, 1.82) is 0 Å². The van der Waals surface area contributed by atoms with Gasteiger partial charge in [0.1, 0.15) is 18.1 Å². The monoisotopic (exact) mass is 351 g/mol. The van der Waals surface area contributed by atoms with Crippen molar-refractivity contribution in [3.63, 3.8) is 0 Å². The predicted molar refractivity (Wildman–Crippen MR) is 95.0 cm³/mol. The van der Waals surface area contributed by atoms with Gasteiger partial charge in [0.2, 0.25) is 11.6 Å². The molecule has 5 nitrogen and oxygen atoms in total. The van der Waals surface area contributed by atoms with Gasteiger partial charge in [-0.3, -0.25) is 9.20 Å². The number of carbonyl (C=O) groups is 1. The van der Waals surface area contributed by atoms with E-state index in [4.69, 9.17) is 4.74 Å². The summed E-state index contributed by atoms with van der Waals surface area (Å²) < 4.78 is 20.6. The maximum absolute atomic E-state index is 13.7. The molecular formula is C20H18FN3O2. The normalized spacial score (nSPS) is 18.7. The van der Waals surface area contributed by atoms with E-state index < -0.39 is 5.82 Å². The van der Waals surface area contributed by atoms with Crippen LogP contribution in [0, 0.1) is 11.7 Å². The summed E-state index contributed by atoms with van der Waals surface area (Å²) in [5.41, 5.74) is 1.59. The molecule has 1 aromatic carbocycles. The molecule has 0 bridgehead atoms. The zero-order chi connectivity index (χ0) is 18.3. The van der Waals surface area contributed by atoms with E-state index in [1.54, 1.807) is 30.3 Å². The van der Waals surface area contributed by atoms with Crippen molar-refractivity contribution in [1.82, 2.24) is 14.4 Å². The first-order valence-corrected chi connectivity index (χ1v) is 8.50. The first-order chi connectivity index (χ1) is 12.6. The summed E-state index contributed by atoms with van der Waals surface area (Å²) in [7, 11) is 0. The lowest BCUT2D eigenvalue weighted by Crippen LogP contribution is -2.09. The van der Waals surface area contributed by atoms with Crippen LogP contribution in [-0.2, 0) is 0 Å². The van der Waals surface area contributed by atoms with E-state index in [-0.39, 0.29) is 11.7 Å². The number of aromatic nitrogens is 3. The Morgan fingerprint density at radius 1 is 1.42 bits per heavy atom. The SMILES string of the molecule is C=CCOc1ccc(C(=O)c2c([C@@H]3C[C@H]3C)nc3ncc(F)cn23)cc1. The maximum atomic E-state index is 13.7. The zero-order valence-corrected chi connectivity index (χ0v) is 14.4. The van der Waals surface area contributed by atoms with Crippen LogP contribution in [0.5, 0.6) is 5.75 Å². The van der Waals surface area contributed by atoms with Gasteiger partial charge in [-0.2, -0.15) is 0 Å². The molecule has 0 N–H and O–H groups in total. The van der Waals surface area contributed by atoms with Crippen LogP contribution in [0.1, 0.15) is 41.0 Å². The number of hydrogen-bond acceptors (Lipinski definition) is 4. The van der Waals surface area contributed by atoms with Crippen molar-refractivity contribution in [2.24, 2.45) is 5.92 Å². The number of ether oxygens (including phenoxy) is 1. The summed E-state index contributed by atoms with van der Waals surface area (Å²) in [6.45, 7) is 6.12. The molecule has 132 valence electrons. The number of ketones is 1. The molecule has 2 aromatic heterocycles. The quantitative estimate of drug-likeness (QED) is 0.501. The second kappa shape index (κ2) is 6.37. The van der Waals surface area contributed by atoms with Gasteiger partial charge < -0.3 is 4.74 Å². The number of fused-ring (bicyclic) bond motifs is 1. The third-order valence-electron chi connectivity index (χ3n) is 4.64. The van der Waals surface area contributed by atoms with Crippen LogP contribution in [0.15, 0.2) is 49.3 Å². The van der Waals surface area contributed by atoms with E-state index in [1.165, 1.54) is 10.6 Å². The lowest BCUT2D eigenvalue weighted by molar-refractivity contribution is 0.103. The molecule has 26 heavy (non-hydrogen) atoms. The van der Waals surface area contributed by atoms with Crippen molar-refractivity contribution in [2.75, 3.05) is 6.61 Å². The van der Waals surface area contributed by atoms with Crippen LogP contribution in [-0.4, -0.2) is 26.8 Å². The Bertz CT molecular complexity index is 994. The van der Waals surface area contributed by atoms with Gasteiger partial charge >= 0.3 is 0 Å². The van der Waals surface area contributed by atoms with Gasteiger partial charge in [-0.25, -0.2) is 14.4 Å². The Kier molecular flexibility index (Phi) is 4.03. The Labute approximate surface area is 150 Å². The molecule has 3 aromatic rings. The molecular weight excluding hydrogens is 333 g/mol. The van der Waals surface area contributed by atoms with E-state index in [0.29, 0.717) is 41.0 Å². The minimum absolute atomic E-state index is 0.200. The van der Waals surface area contributed by atoms with Crippen LogP contribution in [0.4, 0.5) is 4.39 Å². The maximum Gasteiger partial charge on any atom is 0.234 e. The average molecular weight is 351 g/mol. The third kappa shape index (κ3) is 2.87. The van der Waals surface area contributed by atoms with E-state index >= 15 is 0 Å². The molecule has 0 radical (unpaired) electrons. The molecule has 2 atom stereocenters. The molecule has 1 aliphatic carbocycles. The van der Waals surface area contributed by atoms with E-state index in [0.717, 1.165) is 12.6 Å². The molecule has 2 heterocycles. The molecule has 0 unspecified atom stereocenters. The van der Waals surface area contributed by atoms with Crippen molar-refractivity contribution in [3.05, 3.63) is 72.1 Å². The number of imidazole rings is 1. The van der Waals surface area contributed by atoms with Crippen molar-refractivity contribution < 1.29 is 13.9 Å². The van der Waals surface area contributed by atoms with Crippen molar-refractivity contribution in [2.45, 2.75) is 19.3 Å². The first kappa shape index (κ1) is 16.4. The van der Waals surface area contributed by atoms with Crippen LogP contribution < -0.4 is 4.74 Å². The number of hydrogen-bond donors (Lipinski definition) is 0. The highest BCUT2D eigenvalue weighted by Gasteiger charge is 2.40. The largest absolute Gasteiger partial charge is 0.490 e. The minimum Gasteiger partial charge on any atom is -0.490 e. The summed E-state index contributed by atoms with van der Waals surface area (Å²) in [5.74, 6) is 0.972. The fourth-order valence-electron chi connectivity index (χ4n) is 3.11. The molecule has 0 amide bonds. The summed E-state index contributed by atoms with van der Waals surface area (Å²) in [4.78, 5) is 21.7. The highest BCUT2D eigenvalue weighted by atomic mass is 19.1. The van der Waals surface area contributed by atoms with Gasteiger partial charge in [-0.05, 0) is 36.6 Å². The smallest absolute Gasteiger partial charge is 0.234 e. The number of rotatable bonds is 6. The molecule has 4 rings (SSSR count). The van der Waals surface area contributed by atoms with Gasteiger partial charge in [0.15, 0.2) is 5.82 Å². The molecule has 6 heteroatoms. The Morgan fingerprint density at radius 2 is 2.15 bits per heavy atom. The first-order valence-electron chi connectivity index (χ1n) is 8.50. The fourth-order valence-corrected chi connectivity index (χ4v) is 3.11. The fraction of sp³-hybridized carbons (Fsp3) is 0.250. The lowest BCUT2D eigenvalue weighted by Gasteiger charge is -2.06. The van der Waals surface area contributed by atoms with Crippen molar-refractivity contribution in [3.8, 4) is 5.75 Å². The molecule has 0 aliphatic heterocycles. The molecule has 1 saturated carbocycles. The standard InChI is InChI=1S/C20H18FN3O2/c1-3-8-26-15-6-4-13(5-7-15)19(25)18-17(16-9-12(16)2)23-20-22-10-14(21)11-24(18)20/h3-7,10-12,16H,1,8-9H2,2H3/t12-,16-/m1/s1. The zero-order valence-electron chi connectivity index (χ0n) is 14.4. The van der Waals surface area contributed by atoms with Crippen molar-refractivity contribution >= 4 is 11.6 Å². The predicted octanol–water partition coefficient (Wildman–Crippen LogP) is 3.79. The second-order valence-electron chi connectivity index (χ2n) is 6.56. The number of nitrogens with zero attached hydrogens (tertiary/aromatic N) is 3. The number of halogens is 1. The van der Waals surface area contributed by atoms with Gasteiger partial charge in [0.05, 0.1) is 18.1 Å².